The largest absolute Gasteiger partial charge is 0.496 e. The molecular weight excluding hydrogens is 316 g/mol. The van der Waals surface area contributed by atoms with E-state index in [1.807, 2.05) is 28.0 Å². The molecule has 0 spiro atoms. The molecule has 1 heterocycles. The standard InChI is InChI=1S/C20H30N2O3/c1-5-6-7-19(23)21-10-12-22(13-11-21)20(24)16-8-9-18(25-4)17(14-16)15(2)3/h8-9,14-15H,5-7,10-13H2,1-4H3. The third-order valence-corrected chi connectivity index (χ3v) is 4.76. The van der Waals surface area contributed by atoms with Crippen LogP contribution in [0.4, 0.5) is 0 Å². The summed E-state index contributed by atoms with van der Waals surface area (Å²) in [6, 6.07) is 5.63. The van der Waals surface area contributed by atoms with E-state index in [0.717, 1.165) is 24.2 Å². The van der Waals surface area contributed by atoms with Gasteiger partial charge in [-0.2, -0.15) is 0 Å². The lowest BCUT2D eigenvalue weighted by atomic mass is 9.99. The van der Waals surface area contributed by atoms with Crippen LogP contribution in [0.15, 0.2) is 18.2 Å². The van der Waals surface area contributed by atoms with Gasteiger partial charge in [0.15, 0.2) is 0 Å². The maximum absolute atomic E-state index is 12.8. The van der Waals surface area contributed by atoms with Crippen molar-refractivity contribution < 1.29 is 14.3 Å². The third-order valence-electron chi connectivity index (χ3n) is 4.76. The highest BCUT2D eigenvalue weighted by atomic mass is 16.5. The van der Waals surface area contributed by atoms with Crippen molar-refractivity contribution in [3.63, 3.8) is 0 Å². The monoisotopic (exact) mass is 346 g/mol. The van der Waals surface area contributed by atoms with Gasteiger partial charge in [-0.1, -0.05) is 27.2 Å². The molecule has 1 saturated heterocycles. The van der Waals surface area contributed by atoms with E-state index in [1.165, 1.54) is 0 Å². The van der Waals surface area contributed by atoms with Crippen molar-refractivity contribution in [1.82, 2.24) is 9.80 Å². The van der Waals surface area contributed by atoms with Gasteiger partial charge in [-0.05, 0) is 36.1 Å². The first-order valence-electron chi connectivity index (χ1n) is 9.22. The molecule has 1 fully saturated rings. The topological polar surface area (TPSA) is 49.9 Å². The summed E-state index contributed by atoms with van der Waals surface area (Å²) in [5.74, 6) is 1.35. The Balaban J connectivity index is 2.01. The van der Waals surface area contributed by atoms with Crippen molar-refractivity contribution in [2.45, 2.75) is 46.0 Å². The van der Waals surface area contributed by atoms with Crippen LogP contribution in [-0.4, -0.2) is 54.9 Å². The molecule has 0 N–H and O–H groups in total. The molecule has 0 aliphatic carbocycles. The Bertz CT molecular complexity index is 605. The van der Waals surface area contributed by atoms with Gasteiger partial charge >= 0.3 is 0 Å². The number of ether oxygens (including phenoxy) is 1. The Labute approximate surface area is 150 Å². The lowest BCUT2D eigenvalue weighted by Crippen LogP contribution is -2.50. The number of unbranched alkanes of at least 4 members (excludes halogenated alkanes) is 1. The van der Waals surface area contributed by atoms with Gasteiger partial charge in [0.1, 0.15) is 5.75 Å². The number of methoxy groups -OCH3 is 1. The molecule has 138 valence electrons. The Morgan fingerprint density at radius 3 is 2.32 bits per heavy atom. The predicted octanol–water partition coefficient (Wildman–Crippen LogP) is 3.29. The van der Waals surface area contributed by atoms with Gasteiger partial charge in [0, 0.05) is 38.2 Å². The van der Waals surface area contributed by atoms with E-state index in [0.29, 0.717) is 38.2 Å². The van der Waals surface area contributed by atoms with Crippen molar-refractivity contribution >= 4 is 11.8 Å². The first-order valence-corrected chi connectivity index (χ1v) is 9.22. The molecular formula is C20H30N2O3. The van der Waals surface area contributed by atoms with Crippen LogP contribution in [0.5, 0.6) is 5.75 Å². The smallest absolute Gasteiger partial charge is 0.253 e. The predicted molar refractivity (Wildman–Crippen MR) is 99.1 cm³/mol. The van der Waals surface area contributed by atoms with E-state index in [2.05, 4.69) is 20.8 Å². The fourth-order valence-electron chi connectivity index (χ4n) is 3.15. The van der Waals surface area contributed by atoms with E-state index in [1.54, 1.807) is 7.11 Å². The third kappa shape index (κ3) is 4.74. The van der Waals surface area contributed by atoms with Gasteiger partial charge in [-0.15, -0.1) is 0 Å². The van der Waals surface area contributed by atoms with Gasteiger partial charge in [0.2, 0.25) is 5.91 Å². The SMILES string of the molecule is CCCCC(=O)N1CCN(C(=O)c2ccc(OC)c(C(C)C)c2)CC1. The highest BCUT2D eigenvalue weighted by Gasteiger charge is 2.25. The van der Waals surface area contributed by atoms with E-state index in [9.17, 15) is 9.59 Å². The zero-order chi connectivity index (χ0) is 18.4. The van der Waals surface area contributed by atoms with Gasteiger partial charge in [-0.3, -0.25) is 9.59 Å². The molecule has 1 aromatic rings. The summed E-state index contributed by atoms with van der Waals surface area (Å²) >= 11 is 0. The molecule has 1 aliphatic rings. The number of carbonyl (C=O) groups excluding carboxylic acids is 2. The number of carbonyl (C=O) groups is 2. The zero-order valence-corrected chi connectivity index (χ0v) is 15.9. The molecule has 0 saturated carbocycles. The Kier molecular flexibility index (Phi) is 6.85. The molecule has 2 amide bonds. The van der Waals surface area contributed by atoms with Crippen molar-refractivity contribution in [2.24, 2.45) is 0 Å². The van der Waals surface area contributed by atoms with E-state index in [4.69, 9.17) is 4.74 Å². The first-order chi connectivity index (χ1) is 12.0. The molecule has 2 rings (SSSR count). The Morgan fingerprint density at radius 2 is 1.76 bits per heavy atom. The Morgan fingerprint density at radius 1 is 1.12 bits per heavy atom. The summed E-state index contributed by atoms with van der Waals surface area (Å²) in [6.45, 7) is 8.71. The molecule has 1 aliphatic heterocycles. The lowest BCUT2D eigenvalue weighted by Gasteiger charge is -2.35. The van der Waals surface area contributed by atoms with Gasteiger partial charge < -0.3 is 14.5 Å². The quantitative estimate of drug-likeness (QED) is 0.794. The van der Waals surface area contributed by atoms with E-state index < -0.39 is 0 Å². The number of benzene rings is 1. The number of hydrogen-bond donors (Lipinski definition) is 0. The molecule has 0 atom stereocenters. The number of hydrogen-bond acceptors (Lipinski definition) is 3. The van der Waals surface area contributed by atoms with Crippen molar-refractivity contribution in [1.29, 1.82) is 0 Å². The molecule has 5 nitrogen and oxygen atoms in total. The van der Waals surface area contributed by atoms with Crippen LogP contribution < -0.4 is 4.74 Å². The molecule has 1 aromatic carbocycles. The second kappa shape index (κ2) is 8.88. The zero-order valence-electron chi connectivity index (χ0n) is 15.9. The number of piperazine rings is 1. The second-order valence-electron chi connectivity index (χ2n) is 6.89. The minimum atomic E-state index is 0.0326. The highest BCUT2D eigenvalue weighted by molar-refractivity contribution is 5.95. The normalized spacial score (nSPS) is 14.8. The Hall–Kier alpha value is -2.04. The van der Waals surface area contributed by atoms with Crippen molar-refractivity contribution in [3.05, 3.63) is 29.3 Å². The summed E-state index contributed by atoms with van der Waals surface area (Å²) < 4.78 is 5.39. The van der Waals surface area contributed by atoms with Gasteiger partial charge in [-0.25, -0.2) is 0 Å². The summed E-state index contributed by atoms with van der Waals surface area (Å²) in [6.07, 6.45) is 2.57. The molecule has 0 radical (unpaired) electrons. The average Bonchev–Trinajstić information content (AvgIpc) is 2.65. The summed E-state index contributed by atoms with van der Waals surface area (Å²) in [5, 5.41) is 0. The maximum Gasteiger partial charge on any atom is 0.253 e. The molecule has 0 bridgehead atoms. The number of rotatable bonds is 6. The molecule has 0 aromatic heterocycles. The van der Waals surface area contributed by atoms with Crippen molar-refractivity contribution in [2.75, 3.05) is 33.3 Å². The fourth-order valence-corrected chi connectivity index (χ4v) is 3.15. The van der Waals surface area contributed by atoms with Crippen LogP contribution in [0.25, 0.3) is 0 Å². The summed E-state index contributed by atoms with van der Waals surface area (Å²) in [4.78, 5) is 28.6. The minimum absolute atomic E-state index is 0.0326. The van der Waals surface area contributed by atoms with Crippen LogP contribution in [0.3, 0.4) is 0 Å². The first kappa shape index (κ1) is 19.3. The van der Waals surface area contributed by atoms with E-state index >= 15 is 0 Å². The van der Waals surface area contributed by atoms with Crippen LogP contribution >= 0.6 is 0 Å². The molecule has 5 heteroatoms. The number of nitrogens with zero attached hydrogens (tertiary/aromatic N) is 2. The number of amides is 2. The van der Waals surface area contributed by atoms with Crippen molar-refractivity contribution in [3.8, 4) is 5.75 Å². The fraction of sp³-hybridized carbons (Fsp3) is 0.600. The summed E-state index contributed by atoms with van der Waals surface area (Å²) in [5.41, 5.74) is 1.73. The van der Waals surface area contributed by atoms with Gasteiger partial charge in [0.05, 0.1) is 7.11 Å². The highest BCUT2D eigenvalue weighted by Crippen LogP contribution is 2.27. The second-order valence-corrected chi connectivity index (χ2v) is 6.89. The van der Waals surface area contributed by atoms with Crippen LogP contribution in [0.2, 0.25) is 0 Å². The maximum atomic E-state index is 12.8. The minimum Gasteiger partial charge on any atom is -0.496 e. The lowest BCUT2D eigenvalue weighted by molar-refractivity contribution is -0.132. The average molecular weight is 346 g/mol. The van der Waals surface area contributed by atoms with Crippen LogP contribution in [-0.2, 0) is 4.79 Å². The van der Waals surface area contributed by atoms with Crippen LogP contribution in [0, 0.1) is 0 Å². The molecule has 25 heavy (non-hydrogen) atoms. The molecule has 0 unspecified atom stereocenters. The summed E-state index contributed by atoms with van der Waals surface area (Å²) in [7, 11) is 1.65. The van der Waals surface area contributed by atoms with E-state index in [-0.39, 0.29) is 17.7 Å². The van der Waals surface area contributed by atoms with Crippen LogP contribution in [0.1, 0.15) is 61.9 Å². The van der Waals surface area contributed by atoms with Gasteiger partial charge in [0.25, 0.3) is 5.91 Å².